The standard InChI is InChI=1S/C22H24N2O6/c1-23(10-11-25)20-19(14-8-9-17(29-3)18(12-14)30-4)21(26)24(22(20)27)15-6-5-7-16(13-15)28-2/h5-9,12-13,25H,10-11H2,1-4H3. The number of aliphatic hydroxyl groups excluding tert-OH is 1. The Bertz CT molecular complexity index is 1000. The molecule has 2 aromatic rings. The molecule has 0 saturated heterocycles. The lowest BCUT2D eigenvalue weighted by molar-refractivity contribution is -0.120. The van der Waals surface area contributed by atoms with Crippen LogP contribution in [-0.4, -0.2) is 63.3 Å². The lowest BCUT2D eigenvalue weighted by Crippen LogP contribution is -2.34. The molecule has 0 unspecified atom stereocenters. The molecule has 3 rings (SSSR count). The highest BCUT2D eigenvalue weighted by molar-refractivity contribution is 6.45. The first kappa shape index (κ1) is 21.2. The van der Waals surface area contributed by atoms with Crippen LogP contribution in [0.5, 0.6) is 17.2 Å². The minimum Gasteiger partial charge on any atom is -0.497 e. The molecule has 1 aliphatic rings. The molecule has 1 heterocycles. The van der Waals surface area contributed by atoms with Crippen LogP contribution in [0.1, 0.15) is 5.56 Å². The van der Waals surface area contributed by atoms with Crippen LogP contribution in [0.15, 0.2) is 48.2 Å². The number of rotatable bonds is 8. The van der Waals surface area contributed by atoms with E-state index in [1.54, 1.807) is 54.4 Å². The molecule has 1 N–H and O–H groups in total. The van der Waals surface area contributed by atoms with Crippen molar-refractivity contribution < 1.29 is 28.9 Å². The van der Waals surface area contributed by atoms with Crippen molar-refractivity contribution in [1.29, 1.82) is 0 Å². The summed E-state index contributed by atoms with van der Waals surface area (Å²) in [6.45, 7) is 0.0247. The predicted molar refractivity (Wildman–Crippen MR) is 112 cm³/mol. The predicted octanol–water partition coefficient (Wildman–Crippen LogP) is 1.92. The number of amides is 2. The van der Waals surface area contributed by atoms with Crippen LogP contribution < -0.4 is 19.1 Å². The molecule has 0 saturated carbocycles. The van der Waals surface area contributed by atoms with Crippen molar-refractivity contribution in [3.63, 3.8) is 0 Å². The number of hydrogen-bond acceptors (Lipinski definition) is 7. The van der Waals surface area contributed by atoms with Gasteiger partial charge in [0.05, 0.1) is 39.2 Å². The van der Waals surface area contributed by atoms with Crippen LogP contribution in [-0.2, 0) is 9.59 Å². The third-order valence-electron chi connectivity index (χ3n) is 4.86. The number of anilines is 1. The fourth-order valence-electron chi connectivity index (χ4n) is 3.37. The van der Waals surface area contributed by atoms with Gasteiger partial charge < -0.3 is 24.2 Å². The summed E-state index contributed by atoms with van der Waals surface area (Å²) >= 11 is 0. The summed E-state index contributed by atoms with van der Waals surface area (Å²) in [5, 5.41) is 9.38. The SMILES string of the molecule is COc1cccc(N2C(=O)C(c3ccc(OC)c(OC)c3)=C(N(C)CCO)C2=O)c1. The van der Waals surface area contributed by atoms with Gasteiger partial charge in [-0.1, -0.05) is 12.1 Å². The highest BCUT2D eigenvalue weighted by Crippen LogP contribution is 2.38. The summed E-state index contributed by atoms with van der Waals surface area (Å²) in [5.41, 5.74) is 1.33. The second kappa shape index (κ2) is 8.87. The third kappa shape index (κ3) is 3.69. The summed E-state index contributed by atoms with van der Waals surface area (Å²) in [4.78, 5) is 29.4. The van der Waals surface area contributed by atoms with Crippen LogP contribution in [0, 0.1) is 0 Å². The number of likely N-dealkylation sites (N-methyl/N-ethyl adjacent to an activating group) is 1. The van der Waals surface area contributed by atoms with E-state index >= 15 is 0 Å². The van der Waals surface area contributed by atoms with Gasteiger partial charge in [-0.15, -0.1) is 0 Å². The second-order valence-corrected chi connectivity index (χ2v) is 6.59. The maximum atomic E-state index is 13.4. The molecule has 30 heavy (non-hydrogen) atoms. The van der Waals surface area contributed by atoms with E-state index in [1.807, 2.05) is 0 Å². The molecule has 0 bridgehead atoms. The summed E-state index contributed by atoms with van der Waals surface area (Å²) in [6, 6.07) is 11.8. The minimum absolute atomic E-state index is 0.167. The number of imide groups is 1. The third-order valence-corrected chi connectivity index (χ3v) is 4.86. The zero-order valence-corrected chi connectivity index (χ0v) is 17.3. The zero-order chi connectivity index (χ0) is 21.8. The Hall–Kier alpha value is -3.52. The van der Waals surface area contributed by atoms with Crippen LogP contribution in [0.2, 0.25) is 0 Å². The molecule has 0 radical (unpaired) electrons. The quantitative estimate of drug-likeness (QED) is 0.663. The molecular weight excluding hydrogens is 388 g/mol. The Morgan fingerprint density at radius 1 is 0.933 bits per heavy atom. The van der Waals surface area contributed by atoms with Crippen molar-refractivity contribution in [2.75, 3.05) is 46.4 Å². The summed E-state index contributed by atoms with van der Waals surface area (Å²) in [7, 11) is 6.19. The maximum absolute atomic E-state index is 13.4. The molecule has 2 amide bonds. The van der Waals surface area contributed by atoms with E-state index in [0.29, 0.717) is 28.5 Å². The largest absolute Gasteiger partial charge is 0.497 e. The molecular formula is C22H24N2O6. The van der Waals surface area contributed by atoms with E-state index in [4.69, 9.17) is 14.2 Å². The average molecular weight is 412 g/mol. The average Bonchev–Trinajstić information content (AvgIpc) is 3.03. The molecule has 158 valence electrons. The summed E-state index contributed by atoms with van der Waals surface area (Å²) in [5.74, 6) is 0.521. The van der Waals surface area contributed by atoms with Gasteiger partial charge in [0.25, 0.3) is 11.8 Å². The van der Waals surface area contributed by atoms with Crippen LogP contribution in [0.4, 0.5) is 5.69 Å². The fraction of sp³-hybridized carbons (Fsp3) is 0.273. The number of methoxy groups -OCH3 is 3. The Morgan fingerprint density at radius 3 is 2.30 bits per heavy atom. The van der Waals surface area contributed by atoms with E-state index in [2.05, 4.69) is 0 Å². The molecule has 8 heteroatoms. The molecule has 1 aliphatic heterocycles. The normalized spacial score (nSPS) is 13.7. The van der Waals surface area contributed by atoms with E-state index < -0.39 is 11.8 Å². The molecule has 0 spiro atoms. The fourth-order valence-corrected chi connectivity index (χ4v) is 3.37. The van der Waals surface area contributed by atoms with Crippen molar-refractivity contribution >= 4 is 23.1 Å². The highest BCUT2D eigenvalue weighted by atomic mass is 16.5. The lowest BCUT2D eigenvalue weighted by Gasteiger charge is -2.20. The summed E-state index contributed by atoms with van der Waals surface area (Å²) in [6.07, 6.45) is 0. The number of nitrogens with zero attached hydrogens (tertiary/aromatic N) is 2. The van der Waals surface area contributed by atoms with E-state index in [0.717, 1.165) is 4.90 Å². The number of carbonyl (C=O) groups is 2. The topological polar surface area (TPSA) is 88.5 Å². The lowest BCUT2D eigenvalue weighted by atomic mass is 10.0. The molecule has 2 aromatic carbocycles. The van der Waals surface area contributed by atoms with Gasteiger partial charge >= 0.3 is 0 Å². The number of ether oxygens (including phenoxy) is 3. The van der Waals surface area contributed by atoms with Crippen molar-refractivity contribution in [2.24, 2.45) is 0 Å². The van der Waals surface area contributed by atoms with Gasteiger partial charge in [0.1, 0.15) is 11.4 Å². The monoisotopic (exact) mass is 412 g/mol. The number of hydrogen-bond donors (Lipinski definition) is 1. The van der Waals surface area contributed by atoms with Crippen molar-refractivity contribution in [3.05, 3.63) is 53.7 Å². The molecule has 8 nitrogen and oxygen atoms in total. The van der Waals surface area contributed by atoms with Crippen molar-refractivity contribution in [3.8, 4) is 17.2 Å². The molecule has 0 atom stereocenters. The van der Waals surface area contributed by atoms with Crippen molar-refractivity contribution in [1.82, 2.24) is 4.90 Å². The Morgan fingerprint density at radius 2 is 1.67 bits per heavy atom. The van der Waals surface area contributed by atoms with Crippen LogP contribution in [0.3, 0.4) is 0 Å². The Labute approximate surface area is 174 Å². The van der Waals surface area contributed by atoms with E-state index in [1.165, 1.54) is 21.3 Å². The number of benzene rings is 2. The first-order valence-electron chi connectivity index (χ1n) is 9.28. The van der Waals surface area contributed by atoms with Gasteiger partial charge in [0.15, 0.2) is 11.5 Å². The van der Waals surface area contributed by atoms with Gasteiger partial charge in [0.2, 0.25) is 0 Å². The van der Waals surface area contributed by atoms with Crippen LogP contribution in [0.25, 0.3) is 5.57 Å². The second-order valence-electron chi connectivity index (χ2n) is 6.59. The minimum atomic E-state index is -0.478. The van der Waals surface area contributed by atoms with Crippen molar-refractivity contribution in [2.45, 2.75) is 0 Å². The van der Waals surface area contributed by atoms with E-state index in [-0.39, 0.29) is 24.4 Å². The van der Waals surface area contributed by atoms with Gasteiger partial charge in [-0.3, -0.25) is 9.59 Å². The number of aliphatic hydroxyl groups is 1. The van der Waals surface area contributed by atoms with E-state index in [9.17, 15) is 14.7 Å². The molecule has 0 fully saturated rings. The Balaban J connectivity index is 2.15. The molecule has 0 aromatic heterocycles. The van der Waals surface area contributed by atoms with Gasteiger partial charge in [0, 0.05) is 19.7 Å². The highest BCUT2D eigenvalue weighted by Gasteiger charge is 2.42. The van der Waals surface area contributed by atoms with Gasteiger partial charge in [-0.2, -0.15) is 0 Å². The molecule has 0 aliphatic carbocycles. The summed E-state index contributed by atoms with van der Waals surface area (Å²) < 4.78 is 15.9. The smallest absolute Gasteiger partial charge is 0.282 e. The number of carbonyl (C=O) groups excluding carboxylic acids is 2. The first-order chi connectivity index (χ1) is 14.5. The van der Waals surface area contributed by atoms with Gasteiger partial charge in [-0.05, 0) is 29.8 Å². The first-order valence-corrected chi connectivity index (χ1v) is 9.28. The zero-order valence-electron chi connectivity index (χ0n) is 17.3. The maximum Gasteiger partial charge on any atom is 0.282 e. The Kier molecular flexibility index (Phi) is 6.27. The van der Waals surface area contributed by atoms with Gasteiger partial charge in [-0.25, -0.2) is 4.90 Å². The van der Waals surface area contributed by atoms with Crippen LogP contribution >= 0.6 is 0 Å².